The zero-order valence-corrected chi connectivity index (χ0v) is 21.9. The van der Waals surface area contributed by atoms with Gasteiger partial charge in [-0.1, -0.05) is 0 Å². The van der Waals surface area contributed by atoms with Gasteiger partial charge in [-0.3, -0.25) is 9.59 Å². The molecular formula is C27H28N4O5S. The number of ether oxygens (including phenoxy) is 3. The molecule has 2 heterocycles. The molecule has 0 saturated heterocycles. The second kappa shape index (κ2) is 11.7. The SMILES string of the molecule is COc1ccc(-c2ccc(=O)n(C(C)C(=O)NCCc3csc(-c4ccc(OC)c(OC)c4)n3)n2)cc1. The van der Waals surface area contributed by atoms with Crippen LogP contribution in [-0.4, -0.2) is 48.5 Å². The molecule has 1 N–H and O–H groups in total. The number of nitrogens with zero attached hydrogens (tertiary/aromatic N) is 3. The summed E-state index contributed by atoms with van der Waals surface area (Å²) < 4.78 is 17.1. The molecule has 0 aliphatic rings. The molecule has 37 heavy (non-hydrogen) atoms. The van der Waals surface area contributed by atoms with Crippen LogP contribution in [0.25, 0.3) is 21.8 Å². The van der Waals surface area contributed by atoms with Crippen molar-refractivity contribution in [2.24, 2.45) is 0 Å². The minimum Gasteiger partial charge on any atom is -0.497 e. The highest BCUT2D eigenvalue weighted by Gasteiger charge is 2.18. The first-order valence-corrected chi connectivity index (χ1v) is 12.5. The smallest absolute Gasteiger partial charge is 0.267 e. The van der Waals surface area contributed by atoms with E-state index in [2.05, 4.69) is 15.4 Å². The fraction of sp³-hybridized carbons (Fsp3) is 0.259. The number of methoxy groups -OCH3 is 3. The summed E-state index contributed by atoms with van der Waals surface area (Å²) in [5, 5.41) is 10.1. The lowest BCUT2D eigenvalue weighted by atomic mass is 10.1. The number of carbonyl (C=O) groups excluding carboxylic acids is 1. The predicted molar refractivity (Wildman–Crippen MR) is 143 cm³/mol. The number of hydrogen-bond acceptors (Lipinski definition) is 8. The van der Waals surface area contributed by atoms with Crippen molar-refractivity contribution < 1.29 is 19.0 Å². The molecular weight excluding hydrogens is 492 g/mol. The van der Waals surface area contributed by atoms with Crippen molar-refractivity contribution in [2.75, 3.05) is 27.9 Å². The van der Waals surface area contributed by atoms with Crippen molar-refractivity contribution in [1.82, 2.24) is 20.1 Å². The Morgan fingerprint density at radius 1 is 0.973 bits per heavy atom. The molecule has 192 valence electrons. The van der Waals surface area contributed by atoms with Gasteiger partial charge in [-0.05, 0) is 55.5 Å². The van der Waals surface area contributed by atoms with Crippen LogP contribution in [0.2, 0.25) is 0 Å². The van der Waals surface area contributed by atoms with Crippen LogP contribution < -0.4 is 25.1 Å². The number of hydrogen-bond donors (Lipinski definition) is 1. The van der Waals surface area contributed by atoms with Crippen molar-refractivity contribution in [3.8, 4) is 39.1 Å². The first kappa shape index (κ1) is 25.9. The third-order valence-electron chi connectivity index (χ3n) is 5.82. The quantitative estimate of drug-likeness (QED) is 0.337. The van der Waals surface area contributed by atoms with Crippen LogP contribution in [0.15, 0.2) is 64.8 Å². The molecule has 0 fully saturated rings. The van der Waals surface area contributed by atoms with Crippen molar-refractivity contribution in [2.45, 2.75) is 19.4 Å². The van der Waals surface area contributed by atoms with Crippen LogP contribution in [0, 0.1) is 0 Å². The second-order valence-electron chi connectivity index (χ2n) is 8.16. The van der Waals surface area contributed by atoms with Crippen molar-refractivity contribution in [3.05, 3.63) is 76.0 Å². The molecule has 2 aromatic heterocycles. The minimum atomic E-state index is -0.775. The van der Waals surface area contributed by atoms with Crippen LogP contribution in [0.5, 0.6) is 17.2 Å². The zero-order chi connectivity index (χ0) is 26.4. The van der Waals surface area contributed by atoms with Gasteiger partial charge in [0, 0.05) is 35.5 Å². The van der Waals surface area contributed by atoms with Gasteiger partial charge < -0.3 is 19.5 Å². The second-order valence-corrected chi connectivity index (χ2v) is 9.02. The molecule has 0 spiro atoms. The Balaban J connectivity index is 1.38. The molecule has 0 bridgehead atoms. The Labute approximate surface area is 218 Å². The van der Waals surface area contributed by atoms with Gasteiger partial charge in [-0.15, -0.1) is 11.3 Å². The van der Waals surface area contributed by atoms with Crippen molar-refractivity contribution >= 4 is 17.2 Å². The molecule has 1 unspecified atom stereocenters. The molecule has 9 nitrogen and oxygen atoms in total. The monoisotopic (exact) mass is 520 g/mol. The minimum absolute atomic E-state index is 0.295. The highest BCUT2D eigenvalue weighted by molar-refractivity contribution is 7.13. The zero-order valence-electron chi connectivity index (χ0n) is 21.1. The van der Waals surface area contributed by atoms with E-state index in [0.717, 1.165) is 27.6 Å². The van der Waals surface area contributed by atoms with Crippen LogP contribution in [0.1, 0.15) is 18.7 Å². The van der Waals surface area contributed by atoms with E-state index in [1.165, 1.54) is 22.1 Å². The van der Waals surface area contributed by atoms with Crippen molar-refractivity contribution in [3.63, 3.8) is 0 Å². The summed E-state index contributed by atoms with van der Waals surface area (Å²) in [7, 11) is 4.79. The van der Waals surface area contributed by atoms with Gasteiger partial charge in [0.05, 0.1) is 32.7 Å². The van der Waals surface area contributed by atoms with E-state index >= 15 is 0 Å². The molecule has 0 radical (unpaired) electrons. The number of aromatic nitrogens is 3. The van der Waals surface area contributed by atoms with Gasteiger partial charge in [0.1, 0.15) is 16.8 Å². The van der Waals surface area contributed by atoms with Crippen LogP contribution in [0.4, 0.5) is 0 Å². The molecule has 10 heteroatoms. The first-order chi connectivity index (χ1) is 17.9. The summed E-state index contributed by atoms with van der Waals surface area (Å²) in [5.74, 6) is 1.72. The highest BCUT2D eigenvalue weighted by atomic mass is 32.1. The van der Waals surface area contributed by atoms with E-state index in [0.29, 0.717) is 30.2 Å². The molecule has 2 aromatic carbocycles. The van der Waals surface area contributed by atoms with Crippen LogP contribution in [0.3, 0.4) is 0 Å². The largest absolute Gasteiger partial charge is 0.497 e. The van der Waals surface area contributed by atoms with E-state index in [1.807, 2.05) is 47.8 Å². The maximum Gasteiger partial charge on any atom is 0.267 e. The van der Waals surface area contributed by atoms with Gasteiger partial charge in [0.15, 0.2) is 11.5 Å². The Morgan fingerprint density at radius 2 is 1.70 bits per heavy atom. The Kier molecular flexibility index (Phi) is 8.19. The lowest BCUT2D eigenvalue weighted by Crippen LogP contribution is -2.37. The van der Waals surface area contributed by atoms with E-state index in [9.17, 15) is 9.59 Å². The van der Waals surface area contributed by atoms with Gasteiger partial charge in [-0.25, -0.2) is 9.67 Å². The average Bonchev–Trinajstić information content (AvgIpc) is 3.41. The van der Waals surface area contributed by atoms with E-state index < -0.39 is 6.04 Å². The van der Waals surface area contributed by atoms with Gasteiger partial charge >= 0.3 is 0 Å². The summed E-state index contributed by atoms with van der Waals surface area (Å²) in [6.07, 6.45) is 0.552. The first-order valence-electron chi connectivity index (χ1n) is 11.6. The van der Waals surface area contributed by atoms with Crippen LogP contribution in [-0.2, 0) is 11.2 Å². The average molecular weight is 521 g/mol. The molecule has 0 aliphatic carbocycles. The Bertz CT molecular complexity index is 1430. The fourth-order valence-electron chi connectivity index (χ4n) is 3.71. The molecule has 4 rings (SSSR count). The number of carbonyl (C=O) groups is 1. The Hall–Kier alpha value is -4.18. The summed E-state index contributed by atoms with van der Waals surface area (Å²) >= 11 is 1.52. The highest BCUT2D eigenvalue weighted by Crippen LogP contribution is 2.33. The van der Waals surface area contributed by atoms with Gasteiger partial charge in [0.2, 0.25) is 5.91 Å². The Morgan fingerprint density at radius 3 is 2.41 bits per heavy atom. The van der Waals surface area contributed by atoms with Crippen LogP contribution >= 0.6 is 11.3 Å². The molecule has 1 amide bonds. The molecule has 0 aliphatic heterocycles. The fourth-order valence-corrected chi connectivity index (χ4v) is 4.57. The normalized spacial score (nSPS) is 11.6. The number of thiazole rings is 1. The third-order valence-corrected chi connectivity index (χ3v) is 6.76. The summed E-state index contributed by atoms with van der Waals surface area (Å²) in [6.45, 7) is 2.03. The lowest BCUT2D eigenvalue weighted by molar-refractivity contribution is -0.124. The van der Waals surface area contributed by atoms with Crippen molar-refractivity contribution in [1.29, 1.82) is 0 Å². The number of rotatable bonds is 10. The number of nitrogens with one attached hydrogen (secondary N) is 1. The third kappa shape index (κ3) is 5.97. The topological polar surface area (TPSA) is 105 Å². The predicted octanol–water partition coefficient (Wildman–Crippen LogP) is 3.98. The molecule has 4 aromatic rings. The van der Waals surface area contributed by atoms with Gasteiger partial charge in [0.25, 0.3) is 5.56 Å². The maximum atomic E-state index is 12.8. The van der Waals surface area contributed by atoms with Gasteiger partial charge in [-0.2, -0.15) is 5.10 Å². The standard InChI is InChI=1S/C27H28N4O5S/c1-17(31-25(32)12-10-22(30-31)18-5-8-21(34-2)9-6-18)26(33)28-14-13-20-16-37-27(29-20)19-7-11-23(35-3)24(15-19)36-4/h5-12,15-17H,13-14H2,1-4H3,(H,28,33). The lowest BCUT2D eigenvalue weighted by Gasteiger charge is -2.15. The summed E-state index contributed by atoms with van der Waals surface area (Å²) in [6, 6.07) is 15.3. The molecule has 1 atom stereocenters. The summed E-state index contributed by atoms with van der Waals surface area (Å²) in [4.78, 5) is 29.9. The van der Waals surface area contributed by atoms with E-state index in [1.54, 1.807) is 34.3 Å². The number of benzene rings is 2. The van der Waals surface area contributed by atoms with E-state index in [-0.39, 0.29) is 11.5 Å². The van der Waals surface area contributed by atoms with E-state index in [4.69, 9.17) is 14.2 Å². The molecule has 0 saturated carbocycles. The summed E-state index contributed by atoms with van der Waals surface area (Å²) in [5.41, 5.74) is 2.84. The number of amides is 1. The maximum absolute atomic E-state index is 12.8.